The van der Waals surface area contributed by atoms with E-state index in [2.05, 4.69) is 74.0 Å². The van der Waals surface area contributed by atoms with E-state index in [1.54, 1.807) is 6.33 Å². The van der Waals surface area contributed by atoms with Crippen LogP contribution in [-0.4, -0.2) is 59.0 Å². The summed E-state index contributed by atoms with van der Waals surface area (Å²) >= 11 is 1.54. The highest BCUT2D eigenvalue weighted by atomic mass is 32.2. The molecule has 7 nitrogen and oxygen atoms in total. The molecular formula is C26H26N6OS. The van der Waals surface area contributed by atoms with E-state index in [-0.39, 0.29) is 5.91 Å². The summed E-state index contributed by atoms with van der Waals surface area (Å²) in [4.78, 5) is 29.8. The second-order valence-corrected chi connectivity index (χ2v) is 9.35. The molecule has 1 saturated heterocycles. The van der Waals surface area contributed by atoms with Gasteiger partial charge in [-0.05, 0) is 55.1 Å². The van der Waals surface area contributed by atoms with E-state index in [9.17, 15) is 4.79 Å². The van der Waals surface area contributed by atoms with Crippen molar-refractivity contribution in [2.75, 3.05) is 43.4 Å². The van der Waals surface area contributed by atoms with Crippen LogP contribution in [-0.2, 0) is 4.79 Å². The van der Waals surface area contributed by atoms with Gasteiger partial charge in [-0.1, -0.05) is 36.5 Å². The molecule has 2 N–H and O–H groups in total. The average molecular weight is 471 g/mol. The van der Waals surface area contributed by atoms with Crippen LogP contribution in [0.4, 0.5) is 11.4 Å². The Hall–Kier alpha value is -3.62. The molecule has 0 spiro atoms. The third-order valence-corrected chi connectivity index (χ3v) is 6.95. The lowest BCUT2D eigenvalue weighted by atomic mass is 10.1. The Morgan fingerprint density at radius 3 is 2.65 bits per heavy atom. The van der Waals surface area contributed by atoms with Gasteiger partial charge in [0.05, 0.1) is 5.39 Å². The number of carbonyl (C=O) groups excluding carboxylic acids is 1. The number of likely N-dealkylation sites (N-methyl/N-ethyl adjacent to an activating group) is 1. The topological polar surface area (TPSA) is 77.1 Å². The van der Waals surface area contributed by atoms with Gasteiger partial charge in [0.2, 0.25) is 5.91 Å². The minimum Gasteiger partial charge on any atom is -0.369 e. The number of aromatic nitrogens is 3. The molecule has 0 atom stereocenters. The number of piperazine rings is 1. The van der Waals surface area contributed by atoms with Gasteiger partial charge in [-0.15, -0.1) is 0 Å². The molecule has 1 aliphatic rings. The van der Waals surface area contributed by atoms with Crippen molar-refractivity contribution < 1.29 is 4.79 Å². The lowest BCUT2D eigenvalue weighted by Gasteiger charge is -2.34. The number of hydrogen-bond donors (Lipinski definition) is 2. The van der Waals surface area contributed by atoms with Gasteiger partial charge in [0, 0.05) is 48.1 Å². The molecule has 2 aromatic carbocycles. The fraction of sp³-hybridized carbons (Fsp3) is 0.192. The van der Waals surface area contributed by atoms with E-state index in [4.69, 9.17) is 0 Å². The predicted octanol–water partition coefficient (Wildman–Crippen LogP) is 4.65. The lowest BCUT2D eigenvalue weighted by molar-refractivity contribution is -0.111. The first-order valence-electron chi connectivity index (χ1n) is 11.2. The maximum Gasteiger partial charge on any atom is 0.247 e. The number of hydrogen-bond acceptors (Lipinski definition) is 6. The average Bonchev–Trinajstić information content (AvgIpc) is 3.30. The Bertz CT molecular complexity index is 1320. The molecule has 34 heavy (non-hydrogen) atoms. The fourth-order valence-corrected chi connectivity index (χ4v) is 4.93. The van der Waals surface area contributed by atoms with Gasteiger partial charge in [0.15, 0.2) is 0 Å². The number of benzene rings is 2. The number of H-pyrrole nitrogens is 1. The second kappa shape index (κ2) is 9.70. The zero-order valence-electron chi connectivity index (χ0n) is 19.0. The molecule has 5 rings (SSSR count). The molecule has 1 aliphatic heterocycles. The van der Waals surface area contributed by atoms with E-state index in [1.165, 1.54) is 23.5 Å². The number of rotatable bonds is 6. The van der Waals surface area contributed by atoms with Crippen LogP contribution in [0.5, 0.6) is 0 Å². The second-order valence-electron chi connectivity index (χ2n) is 8.28. The highest BCUT2D eigenvalue weighted by Crippen LogP contribution is 2.34. The van der Waals surface area contributed by atoms with Crippen molar-refractivity contribution in [3.63, 3.8) is 0 Å². The van der Waals surface area contributed by atoms with Gasteiger partial charge >= 0.3 is 0 Å². The lowest BCUT2D eigenvalue weighted by Crippen LogP contribution is -2.44. The zero-order chi connectivity index (χ0) is 23.5. The molecule has 0 bridgehead atoms. The smallest absolute Gasteiger partial charge is 0.247 e. The van der Waals surface area contributed by atoms with Crippen molar-refractivity contribution in [3.8, 4) is 11.3 Å². The number of nitrogens with one attached hydrogen (secondary N) is 2. The summed E-state index contributed by atoms with van der Waals surface area (Å²) in [5, 5.41) is 4.62. The number of carbonyl (C=O) groups is 1. The number of nitrogens with zero attached hydrogens (tertiary/aromatic N) is 4. The number of anilines is 2. The molecular weight excluding hydrogens is 444 g/mol. The Balaban J connectivity index is 1.37. The van der Waals surface area contributed by atoms with Gasteiger partial charge in [-0.25, -0.2) is 9.97 Å². The number of fused-ring (bicyclic) bond motifs is 1. The van der Waals surface area contributed by atoms with Crippen LogP contribution in [0, 0.1) is 0 Å². The minimum absolute atomic E-state index is 0.236. The van der Waals surface area contributed by atoms with E-state index < -0.39 is 0 Å². The van der Waals surface area contributed by atoms with E-state index >= 15 is 0 Å². The Labute approximate surface area is 202 Å². The van der Waals surface area contributed by atoms with Crippen molar-refractivity contribution in [1.29, 1.82) is 0 Å². The molecule has 1 fully saturated rings. The minimum atomic E-state index is -0.236. The van der Waals surface area contributed by atoms with Crippen LogP contribution in [0.15, 0.2) is 83.5 Å². The van der Waals surface area contributed by atoms with Crippen molar-refractivity contribution in [1.82, 2.24) is 19.9 Å². The summed E-state index contributed by atoms with van der Waals surface area (Å²) in [6.07, 6.45) is 2.83. The first kappa shape index (κ1) is 22.2. The quantitative estimate of drug-likeness (QED) is 0.316. The van der Waals surface area contributed by atoms with Crippen LogP contribution in [0.25, 0.3) is 22.3 Å². The molecule has 172 valence electrons. The SMILES string of the molecule is C=CC(=O)Nc1cccc(Sc2ncnc3[nH]c(-c4ccc(N5CCN(C)CC5)cc4)cc23)c1. The Morgan fingerprint density at radius 2 is 1.88 bits per heavy atom. The van der Waals surface area contributed by atoms with E-state index in [0.29, 0.717) is 0 Å². The largest absolute Gasteiger partial charge is 0.369 e. The van der Waals surface area contributed by atoms with Crippen LogP contribution >= 0.6 is 11.8 Å². The van der Waals surface area contributed by atoms with Crippen LogP contribution in [0.1, 0.15) is 0 Å². The standard InChI is InChI=1S/C26H26N6OS/c1-3-24(33)29-19-5-4-6-21(15-19)34-26-22-16-23(30-25(22)27-17-28-26)18-7-9-20(10-8-18)32-13-11-31(2)12-14-32/h3-10,15-17H,1,11-14H2,2H3,(H,29,33)(H,27,28,30). The third-order valence-electron chi connectivity index (χ3n) is 5.94. The van der Waals surface area contributed by atoms with Crippen molar-refractivity contribution >= 4 is 40.1 Å². The predicted molar refractivity (Wildman–Crippen MR) is 138 cm³/mol. The van der Waals surface area contributed by atoms with E-state index in [0.717, 1.165) is 64.1 Å². The van der Waals surface area contributed by atoms with Crippen molar-refractivity contribution in [2.24, 2.45) is 0 Å². The van der Waals surface area contributed by atoms with Gasteiger partial charge in [0.25, 0.3) is 0 Å². The summed E-state index contributed by atoms with van der Waals surface area (Å²) < 4.78 is 0. The summed E-state index contributed by atoms with van der Waals surface area (Å²) in [5.41, 5.74) is 4.89. The molecule has 2 aromatic heterocycles. The van der Waals surface area contributed by atoms with Crippen molar-refractivity contribution in [2.45, 2.75) is 9.92 Å². The first-order chi connectivity index (χ1) is 16.6. The van der Waals surface area contributed by atoms with E-state index in [1.807, 2.05) is 24.3 Å². The molecule has 0 aliphatic carbocycles. The Kier molecular flexibility index (Phi) is 6.33. The first-order valence-corrected chi connectivity index (χ1v) is 12.0. The molecule has 4 aromatic rings. The van der Waals surface area contributed by atoms with Gasteiger partial charge in [-0.3, -0.25) is 4.79 Å². The summed E-state index contributed by atoms with van der Waals surface area (Å²) in [7, 11) is 2.17. The van der Waals surface area contributed by atoms with Crippen LogP contribution in [0.2, 0.25) is 0 Å². The number of aromatic amines is 1. The summed E-state index contributed by atoms with van der Waals surface area (Å²) in [5.74, 6) is -0.236. The van der Waals surface area contributed by atoms with Crippen molar-refractivity contribution in [3.05, 3.63) is 73.6 Å². The number of amides is 1. The highest BCUT2D eigenvalue weighted by Gasteiger charge is 2.15. The van der Waals surface area contributed by atoms with Gasteiger partial charge in [-0.2, -0.15) is 0 Å². The molecule has 1 amide bonds. The normalized spacial score (nSPS) is 14.3. The van der Waals surface area contributed by atoms with Crippen LogP contribution in [0.3, 0.4) is 0 Å². The third kappa shape index (κ3) is 4.83. The maximum absolute atomic E-state index is 11.6. The summed E-state index contributed by atoms with van der Waals surface area (Å²) in [6, 6.07) is 18.5. The van der Waals surface area contributed by atoms with Crippen LogP contribution < -0.4 is 10.2 Å². The van der Waals surface area contributed by atoms with Gasteiger partial charge < -0.3 is 20.1 Å². The summed E-state index contributed by atoms with van der Waals surface area (Å²) in [6.45, 7) is 7.78. The molecule has 0 radical (unpaired) electrons. The molecule has 3 heterocycles. The molecule has 0 saturated carbocycles. The fourth-order valence-electron chi connectivity index (χ4n) is 4.01. The monoisotopic (exact) mass is 470 g/mol. The van der Waals surface area contributed by atoms with Gasteiger partial charge in [0.1, 0.15) is 17.0 Å². The maximum atomic E-state index is 11.6. The molecule has 0 unspecified atom stereocenters. The molecule has 8 heteroatoms. The Morgan fingerprint density at radius 1 is 1.09 bits per heavy atom. The highest BCUT2D eigenvalue weighted by molar-refractivity contribution is 7.99. The zero-order valence-corrected chi connectivity index (χ0v) is 19.8.